The van der Waals surface area contributed by atoms with Gasteiger partial charge >= 0.3 is 0 Å². The van der Waals surface area contributed by atoms with Gasteiger partial charge in [-0.25, -0.2) is 0 Å². The standard InChI is InChI=1S/C28H28O5/c1-5-32-23-13-9-12-21-18-22(26(33-27(21)23)20-10-7-6-8-11-20)15-14-19-16-24(29-2)28(31-4)25(17-19)30-3/h6-18,26H,5H2,1-4H3/b15-14-. The van der Waals surface area contributed by atoms with Crippen LogP contribution in [0.5, 0.6) is 28.7 Å². The Bertz CT molecular complexity index is 1140. The lowest BCUT2D eigenvalue weighted by atomic mass is 9.95. The summed E-state index contributed by atoms with van der Waals surface area (Å²) in [6, 6.07) is 20.0. The summed E-state index contributed by atoms with van der Waals surface area (Å²) < 4.78 is 28.7. The summed E-state index contributed by atoms with van der Waals surface area (Å²) in [4.78, 5) is 0. The van der Waals surface area contributed by atoms with Crippen LogP contribution in [0.2, 0.25) is 0 Å². The van der Waals surface area contributed by atoms with Crippen molar-refractivity contribution in [1.82, 2.24) is 0 Å². The van der Waals surface area contributed by atoms with Crippen molar-refractivity contribution >= 4 is 12.2 Å². The molecule has 0 radical (unpaired) electrons. The molecule has 33 heavy (non-hydrogen) atoms. The zero-order valence-electron chi connectivity index (χ0n) is 19.3. The minimum Gasteiger partial charge on any atom is -0.493 e. The Labute approximate surface area is 194 Å². The van der Waals surface area contributed by atoms with Crippen molar-refractivity contribution < 1.29 is 23.7 Å². The molecule has 5 heteroatoms. The molecule has 4 rings (SSSR count). The smallest absolute Gasteiger partial charge is 0.203 e. The van der Waals surface area contributed by atoms with E-state index >= 15 is 0 Å². The normalized spacial score (nSPS) is 14.8. The van der Waals surface area contributed by atoms with Crippen LogP contribution in [0.15, 0.2) is 72.3 Å². The van der Waals surface area contributed by atoms with Crippen LogP contribution in [0.4, 0.5) is 0 Å². The van der Waals surface area contributed by atoms with Gasteiger partial charge in [-0.15, -0.1) is 0 Å². The minimum atomic E-state index is -0.265. The number of hydrogen-bond donors (Lipinski definition) is 0. The maximum atomic E-state index is 6.52. The fourth-order valence-electron chi connectivity index (χ4n) is 3.90. The molecule has 3 aromatic carbocycles. The highest BCUT2D eigenvalue weighted by molar-refractivity contribution is 5.72. The van der Waals surface area contributed by atoms with Crippen molar-refractivity contribution in [1.29, 1.82) is 0 Å². The molecule has 170 valence electrons. The Balaban J connectivity index is 1.77. The SMILES string of the molecule is CCOc1cccc2c1OC(c1ccccc1)C(/C=C\c1cc(OC)c(OC)c(OC)c1)=C2. The Morgan fingerprint density at radius 1 is 0.818 bits per heavy atom. The van der Waals surface area contributed by atoms with Gasteiger partial charge in [0.25, 0.3) is 0 Å². The highest BCUT2D eigenvalue weighted by Gasteiger charge is 2.25. The average Bonchev–Trinajstić information content (AvgIpc) is 2.87. The highest BCUT2D eigenvalue weighted by Crippen LogP contribution is 2.44. The molecule has 0 fully saturated rings. The van der Waals surface area contributed by atoms with E-state index in [1.165, 1.54) is 0 Å². The van der Waals surface area contributed by atoms with Gasteiger partial charge < -0.3 is 23.7 Å². The van der Waals surface area contributed by atoms with Gasteiger partial charge in [0, 0.05) is 5.56 Å². The van der Waals surface area contributed by atoms with Crippen LogP contribution >= 0.6 is 0 Å². The maximum absolute atomic E-state index is 6.52. The van der Waals surface area contributed by atoms with Crippen LogP contribution in [0, 0.1) is 0 Å². The van der Waals surface area contributed by atoms with E-state index in [4.69, 9.17) is 23.7 Å². The van der Waals surface area contributed by atoms with Gasteiger partial charge in [0.1, 0.15) is 6.10 Å². The van der Waals surface area contributed by atoms with Gasteiger partial charge in [-0.1, -0.05) is 54.6 Å². The molecule has 0 saturated carbocycles. The summed E-state index contributed by atoms with van der Waals surface area (Å²) >= 11 is 0. The van der Waals surface area contributed by atoms with E-state index in [0.29, 0.717) is 23.9 Å². The van der Waals surface area contributed by atoms with Gasteiger partial charge in [0.05, 0.1) is 27.9 Å². The lowest BCUT2D eigenvalue weighted by Gasteiger charge is -2.28. The summed E-state index contributed by atoms with van der Waals surface area (Å²) in [5, 5.41) is 0. The maximum Gasteiger partial charge on any atom is 0.203 e. The molecular weight excluding hydrogens is 416 g/mol. The number of ether oxygens (including phenoxy) is 5. The Morgan fingerprint density at radius 2 is 1.55 bits per heavy atom. The fourth-order valence-corrected chi connectivity index (χ4v) is 3.90. The molecule has 0 N–H and O–H groups in total. The molecule has 1 aliphatic rings. The highest BCUT2D eigenvalue weighted by atomic mass is 16.5. The molecule has 0 spiro atoms. The molecule has 5 nitrogen and oxygen atoms in total. The molecule has 0 bridgehead atoms. The summed E-state index contributed by atoms with van der Waals surface area (Å²) in [7, 11) is 4.82. The van der Waals surface area contributed by atoms with Crippen molar-refractivity contribution in [2.24, 2.45) is 0 Å². The first-order chi connectivity index (χ1) is 16.2. The topological polar surface area (TPSA) is 46.2 Å². The second-order valence-corrected chi connectivity index (χ2v) is 7.45. The quantitative estimate of drug-likeness (QED) is 0.406. The molecule has 3 aromatic rings. The van der Waals surface area contributed by atoms with E-state index in [0.717, 1.165) is 33.8 Å². The zero-order chi connectivity index (χ0) is 23.2. The molecule has 0 amide bonds. The van der Waals surface area contributed by atoms with E-state index in [1.807, 2.05) is 61.5 Å². The van der Waals surface area contributed by atoms with E-state index in [2.05, 4.69) is 24.3 Å². The van der Waals surface area contributed by atoms with Crippen LogP contribution in [0.1, 0.15) is 29.7 Å². The van der Waals surface area contributed by atoms with E-state index in [9.17, 15) is 0 Å². The average molecular weight is 445 g/mol. The third-order valence-electron chi connectivity index (χ3n) is 5.43. The number of fused-ring (bicyclic) bond motifs is 1. The molecular formula is C28H28O5. The van der Waals surface area contributed by atoms with E-state index in [1.54, 1.807) is 21.3 Å². The van der Waals surface area contributed by atoms with Crippen LogP contribution < -0.4 is 23.7 Å². The minimum absolute atomic E-state index is 0.265. The number of hydrogen-bond acceptors (Lipinski definition) is 5. The van der Waals surface area contributed by atoms with Crippen LogP contribution in [-0.4, -0.2) is 27.9 Å². The predicted octanol–water partition coefficient (Wildman–Crippen LogP) is 6.34. The Hall–Kier alpha value is -3.86. The molecule has 1 aliphatic heterocycles. The lowest BCUT2D eigenvalue weighted by Crippen LogP contribution is -2.14. The van der Waals surface area contributed by atoms with Crippen LogP contribution in [-0.2, 0) is 0 Å². The zero-order valence-corrected chi connectivity index (χ0v) is 19.3. The first kappa shape index (κ1) is 22.3. The number of benzene rings is 3. The van der Waals surface area contributed by atoms with E-state index in [-0.39, 0.29) is 6.10 Å². The number of methoxy groups -OCH3 is 3. The van der Waals surface area contributed by atoms with Gasteiger partial charge in [-0.3, -0.25) is 0 Å². The van der Waals surface area contributed by atoms with Crippen LogP contribution in [0.3, 0.4) is 0 Å². The monoisotopic (exact) mass is 444 g/mol. The predicted molar refractivity (Wildman–Crippen MR) is 131 cm³/mol. The van der Waals surface area contributed by atoms with Gasteiger partial charge in [0.15, 0.2) is 23.0 Å². The number of para-hydroxylation sites is 1. The fraction of sp³-hybridized carbons (Fsp3) is 0.214. The third-order valence-corrected chi connectivity index (χ3v) is 5.43. The van der Waals surface area contributed by atoms with Crippen molar-refractivity contribution in [3.05, 3.63) is 89.0 Å². The molecule has 1 heterocycles. The molecule has 0 saturated heterocycles. The first-order valence-electron chi connectivity index (χ1n) is 10.9. The molecule has 0 aliphatic carbocycles. The summed E-state index contributed by atoms with van der Waals surface area (Å²) in [6.45, 7) is 2.55. The number of rotatable bonds is 8. The molecule has 1 atom stereocenters. The summed E-state index contributed by atoms with van der Waals surface area (Å²) in [5.74, 6) is 3.29. The van der Waals surface area contributed by atoms with Crippen molar-refractivity contribution in [2.45, 2.75) is 13.0 Å². The molecule has 1 unspecified atom stereocenters. The van der Waals surface area contributed by atoms with Crippen molar-refractivity contribution in [3.63, 3.8) is 0 Å². The van der Waals surface area contributed by atoms with Crippen molar-refractivity contribution in [2.75, 3.05) is 27.9 Å². The second-order valence-electron chi connectivity index (χ2n) is 7.45. The third kappa shape index (κ3) is 4.67. The van der Waals surface area contributed by atoms with Gasteiger partial charge in [-0.05, 0) is 47.9 Å². The Morgan fingerprint density at radius 3 is 2.18 bits per heavy atom. The Kier molecular flexibility index (Phi) is 6.89. The second kappa shape index (κ2) is 10.2. The van der Waals surface area contributed by atoms with E-state index < -0.39 is 0 Å². The largest absolute Gasteiger partial charge is 0.493 e. The molecule has 0 aromatic heterocycles. The summed E-state index contributed by atoms with van der Waals surface area (Å²) in [5.41, 5.74) is 4.00. The first-order valence-corrected chi connectivity index (χ1v) is 10.9. The van der Waals surface area contributed by atoms with Crippen LogP contribution in [0.25, 0.3) is 12.2 Å². The van der Waals surface area contributed by atoms with Gasteiger partial charge in [0.2, 0.25) is 5.75 Å². The summed E-state index contributed by atoms with van der Waals surface area (Å²) in [6.07, 6.45) is 5.97. The lowest BCUT2D eigenvalue weighted by molar-refractivity contribution is 0.223. The van der Waals surface area contributed by atoms with Gasteiger partial charge in [-0.2, -0.15) is 0 Å². The van der Waals surface area contributed by atoms with Crippen molar-refractivity contribution in [3.8, 4) is 28.7 Å².